The van der Waals surface area contributed by atoms with Gasteiger partial charge in [0.05, 0.1) is 16.4 Å². The molecule has 0 fully saturated rings. The molecule has 114 valence electrons. The average Bonchev–Trinajstić information content (AvgIpc) is 2.76. The van der Waals surface area contributed by atoms with Crippen molar-refractivity contribution in [2.24, 2.45) is 11.7 Å². The molecule has 0 bridgehead atoms. The zero-order valence-corrected chi connectivity index (χ0v) is 14.8. The Balaban J connectivity index is 2.18. The van der Waals surface area contributed by atoms with Gasteiger partial charge in [-0.2, -0.15) is 5.10 Å². The summed E-state index contributed by atoms with van der Waals surface area (Å²) in [7, 11) is 0. The molecule has 0 radical (unpaired) electrons. The van der Waals surface area contributed by atoms with Crippen LogP contribution in [0, 0.1) is 12.8 Å². The van der Waals surface area contributed by atoms with Gasteiger partial charge in [-0.05, 0) is 50.8 Å². The molecule has 3 nitrogen and oxygen atoms in total. The molecule has 0 aliphatic heterocycles. The maximum absolute atomic E-state index is 6.39. The van der Waals surface area contributed by atoms with Gasteiger partial charge in [0.2, 0.25) is 0 Å². The van der Waals surface area contributed by atoms with E-state index in [0.717, 1.165) is 40.3 Å². The molecule has 1 aromatic carbocycles. The Hall–Kier alpha value is -0.840. The molecule has 0 saturated carbocycles. The second-order valence-corrected chi connectivity index (χ2v) is 6.50. The van der Waals surface area contributed by atoms with Crippen molar-refractivity contribution in [2.45, 2.75) is 33.2 Å². The van der Waals surface area contributed by atoms with Crippen molar-refractivity contribution in [2.75, 3.05) is 6.54 Å². The smallest absolute Gasteiger partial charge is 0.0847 e. The molecule has 0 spiro atoms. The standard InChI is InChI=1S/C16H21BrClN3/c1-3-21-15(16(18)11(2)20-21)9-12(10-19)8-13-6-4-5-7-14(13)17/h4-7,12H,3,8-10,19H2,1-2H3. The highest BCUT2D eigenvalue weighted by Crippen LogP contribution is 2.26. The lowest BCUT2D eigenvalue weighted by Gasteiger charge is -2.17. The molecule has 0 aliphatic rings. The molecule has 1 unspecified atom stereocenters. The Labute approximate surface area is 139 Å². The largest absolute Gasteiger partial charge is 0.330 e. The van der Waals surface area contributed by atoms with Gasteiger partial charge in [-0.3, -0.25) is 4.68 Å². The van der Waals surface area contributed by atoms with Crippen molar-refractivity contribution in [3.63, 3.8) is 0 Å². The SMILES string of the molecule is CCn1nc(C)c(Cl)c1CC(CN)Cc1ccccc1Br. The van der Waals surface area contributed by atoms with Crippen LogP contribution in [0.1, 0.15) is 23.9 Å². The minimum absolute atomic E-state index is 0.350. The molecule has 0 aliphatic carbocycles. The summed E-state index contributed by atoms with van der Waals surface area (Å²) in [6.45, 7) is 5.49. The van der Waals surface area contributed by atoms with E-state index in [0.29, 0.717) is 12.5 Å². The second-order valence-electron chi connectivity index (χ2n) is 5.26. The first-order chi connectivity index (χ1) is 10.1. The summed E-state index contributed by atoms with van der Waals surface area (Å²) in [6.07, 6.45) is 1.79. The van der Waals surface area contributed by atoms with Crippen LogP contribution in [-0.2, 0) is 19.4 Å². The molecule has 1 heterocycles. The van der Waals surface area contributed by atoms with Crippen molar-refractivity contribution in [3.8, 4) is 0 Å². The van der Waals surface area contributed by atoms with Gasteiger partial charge >= 0.3 is 0 Å². The second kappa shape index (κ2) is 7.43. The number of aryl methyl sites for hydroxylation is 2. The van der Waals surface area contributed by atoms with Crippen LogP contribution in [0.25, 0.3) is 0 Å². The van der Waals surface area contributed by atoms with E-state index in [-0.39, 0.29) is 0 Å². The van der Waals surface area contributed by atoms with E-state index in [1.54, 1.807) is 0 Å². The molecule has 0 saturated heterocycles. The van der Waals surface area contributed by atoms with E-state index in [4.69, 9.17) is 17.3 Å². The van der Waals surface area contributed by atoms with Crippen molar-refractivity contribution in [3.05, 3.63) is 50.7 Å². The van der Waals surface area contributed by atoms with Crippen LogP contribution in [0.4, 0.5) is 0 Å². The highest BCUT2D eigenvalue weighted by atomic mass is 79.9. The number of halogens is 2. The van der Waals surface area contributed by atoms with Gasteiger partial charge in [-0.15, -0.1) is 0 Å². The zero-order chi connectivity index (χ0) is 15.4. The lowest BCUT2D eigenvalue weighted by atomic mass is 9.94. The van der Waals surface area contributed by atoms with E-state index >= 15 is 0 Å². The number of benzene rings is 1. The van der Waals surface area contributed by atoms with Crippen molar-refractivity contribution in [1.82, 2.24) is 9.78 Å². The van der Waals surface area contributed by atoms with E-state index in [2.05, 4.69) is 46.2 Å². The number of nitrogens with two attached hydrogens (primary N) is 1. The van der Waals surface area contributed by atoms with E-state index in [9.17, 15) is 0 Å². The van der Waals surface area contributed by atoms with Gasteiger partial charge in [-0.25, -0.2) is 0 Å². The fourth-order valence-electron chi connectivity index (χ4n) is 2.55. The van der Waals surface area contributed by atoms with Gasteiger partial charge in [0.1, 0.15) is 0 Å². The normalized spacial score (nSPS) is 12.6. The summed E-state index contributed by atoms with van der Waals surface area (Å²) in [5.74, 6) is 0.350. The first kappa shape index (κ1) is 16.5. The number of hydrogen-bond acceptors (Lipinski definition) is 2. The lowest BCUT2D eigenvalue weighted by molar-refractivity contribution is 0.498. The molecule has 2 rings (SSSR count). The van der Waals surface area contributed by atoms with Crippen LogP contribution in [0.2, 0.25) is 5.02 Å². The van der Waals surface area contributed by atoms with Crippen molar-refractivity contribution >= 4 is 27.5 Å². The topological polar surface area (TPSA) is 43.8 Å². The van der Waals surface area contributed by atoms with Crippen LogP contribution in [0.3, 0.4) is 0 Å². The Morgan fingerprint density at radius 2 is 2.05 bits per heavy atom. The number of rotatable bonds is 6. The third-order valence-electron chi connectivity index (χ3n) is 3.73. The predicted octanol–water partition coefficient (Wildman–Crippen LogP) is 3.99. The summed E-state index contributed by atoms with van der Waals surface area (Å²) in [5.41, 5.74) is 9.25. The number of nitrogens with zero attached hydrogens (tertiary/aromatic N) is 2. The van der Waals surface area contributed by atoms with Crippen LogP contribution >= 0.6 is 27.5 Å². The van der Waals surface area contributed by atoms with Gasteiger partial charge in [-0.1, -0.05) is 45.7 Å². The summed E-state index contributed by atoms with van der Waals surface area (Å²) >= 11 is 10.00. The fraction of sp³-hybridized carbons (Fsp3) is 0.438. The highest BCUT2D eigenvalue weighted by Gasteiger charge is 2.18. The van der Waals surface area contributed by atoms with E-state index in [1.165, 1.54) is 5.56 Å². The van der Waals surface area contributed by atoms with Crippen molar-refractivity contribution in [1.29, 1.82) is 0 Å². The molecule has 0 amide bonds. The molecule has 1 aromatic heterocycles. The summed E-state index contributed by atoms with van der Waals surface area (Å²) in [6, 6.07) is 8.28. The average molecular weight is 371 g/mol. The molecular formula is C16H21BrClN3. The summed E-state index contributed by atoms with van der Waals surface area (Å²) < 4.78 is 3.12. The number of aromatic nitrogens is 2. The van der Waals surface area contributed by atoms with Gasteiger partial charge in [0, 0.05) is 11.0 Å². The van der Waals surface area contributed by atoms with Gasteiger partial charge < -0.3 is 5.73 Å². The Morgan fingerprint density at radius 1 is 1.33 bits per heavy atom. The highest BCUT2D eigenvalue weighted by molar-refractivity contribution is 9.10. The molecule has 5 heteroatoms. The first-order valence-electron chi connectivity index (χ1n) is 7.22. The molecule has 2 aromatic rings. The third kappa shape index (κ3) is 3.87. The third-order valence-corrected chi connectivity index (χ3v) is 5.00. The zero-order valence-electron chi connectivity index (χ0n) is 12.4. The van der Waals surface area contributed by atoms with Crippen LogP contribution in [-0.4, -0.2) is 16.3 Å². The molecule has 2 N–H and O–H groups in total. The minimum atomic E-state index is 0.350. The maximum atomic E-state index is 6.39. The minimum Gasteiger partial charge on any atom is -0.330 e. The van der Waals surface area contributed by atoms with Crippen molar-refractivity contribution < 1.29 is 0 Å². The molecular weight excluding hydrogens is 350 g/mol. The molecule has 1 atom stereocenters. The predicted molar refractivity (Wildman–Crippen MR) is 91.7 cm³/mol. The van der Waals surface area contributed by atoms with Crippen LogP contribution < -0.4 is 5.73 Å². The van der Waals surface area contributed by atoms with Gasteiger partial charge in [0.25, 0.3) is 0 Å². The monoisotopic (exact) mass is 369 g/mol. The summed E-state index contributed by atoms with van der Waals surface area (Å²) in [4.78, 5) is 0. The Morgan fingerprint density at radius 3 is 2.67 bits per heavy atom. The van der Waals surface area contributed by atoms with Crippen LogP contribution in [0.15, 0.2) is 28.7 Å². The lowest BCUT2D eigenvalue weighted by Crippen LogP contribution is -2.21. The summed E-state index contributed by atoms with van der Waals surface area (Å²) in [5, 5.41) is 5.26. The maximum Gasteiger partial charge on any atom is 0.0847 e. The quantitative estimate of drug-likeness (QED) is 0.835. The van der Waals surface area contributed by atoms with E-state index < -0.39 is 0 Å². The Kier molecular flexibility index (Phi) is 5.85. The number of hydrogen-bond donors (Lipinski definition) is 1. The fourth-order valence-corrected chi connectivity index (χ4v) is 3.21. The van der Waals surface area contributed by atoms with Crippen LogP contribution in [0.5, 0.6) is 0 Å². The molecule has 21 heavy (non-hydrogen) atoms. The van der Waals surface area contributed by atoms with E-state index in [1.807, 2.05) is 17.7 Å². The van der Waals surface area contributed by atoms with Gasteiger partial charge in [0.15, 0.2) is 0 Å². The first-order valence-corrected chi connectivity index (χ1v) is 8.39. The Bertz CT molecular complexity index is 610.